The lowest BCUT2D eigenvalue weighted by molar-refractivity contribution is -0.119. The van der Waals surface area contributed by atoms with E-state index in [1.165, 1.54) is 12.1 Å². The topological polar surface area (TPSA) is 192 Å². The van der Waals surface area contributed by atoms with Gasteiger partial charge < -0.3 is 46.4 Å². The normalized spacial score (nSPS) is 14.1. The molecule has 1 rings (SSSR count). The number of carbonyl (C=O) groups excluding carboxylic acids is 2. The standard InChI is InChI=1S/C13H26N2O5.C10H14BNO3/c1-3-9(16)12(19)13(20)10(17)8-14-6-5-7-15-11(18)4-2;1-7(2)10(13)12-9-5-3-4-8(6-9)11(14)15/h4,9-10,12-14,16-17,19-20H,2-3,5-8H2,1H3,(H,15,18);3-7,14-15H,1-2H3,(H,12,13). The van der Waals surface area contributed by atoms with Crippen molar-refractivity contribution in [3.05, 3.63) is 36.9 Å². The maximum atomic E-state index is 11.4. The third kappa shape index (κ3) is 14.0. The fourth-order valence-corrected chi connectivity index (χ4v) is 2.63. The van der Waals surface area contributed by atoms with Crippen LogP contribution in [0.4, 0.5) is 5.69 Å². The van der Waals surface area contributed by atoms with Crippen molar-refractivity contribution in [1.82, 2.24) is 10.6 Å². The zero-order valence-electron chi connectivity index (χ0n) is 20.6. The van der Waals surface area contributed by atoms with E-state index in [0.29, 0.717) is 37.1 Å². The molecule has 0 spiro atoms. The van der Waals surface area contributed by atoms with Crippen LogP contribution in [0.25, 0.3) is 0 Å². The predicted molar refractivity (Wildman–Crippen MR) is 135 cm³/mol. The van der Waals surface area contributed by atoms with Crippen molar-refractivity contribution in [2.45, 2.75) is 58.0 Å². The Hall–Kier alpha value is -2.32. The molecule has 0 aromatic heterocycles. The van der Waals surface area contributed by atoms with Gasteiger partial charge in [0.1, 0.15) is 12.2 Å². The van der Waals surface area contributed by atoms with Crippen molar-refractivity contribution >= 4 is 30.1 Å². The summed E-state index contributed by atoms with van der Waals surface area (Å²) < 4.78 is 0. The number of hydrogen-bond acceptors (Lipinski definition) is 9. The summed E-state index contributed by atoms with van der Waals surface area (Å²) in [6, 6.07) is 6.47. The van der Waals surface area contributed by atoms with E-state index >= 15 is 0 Å². The molecule has 2 amide bonds. The Kier molecular flexibility index (Phi) is 16.8. The van der Waals surface area contributed by atoms with Crippen molar-refractivity contribution in [3.8, 4) is 0 Å². The molecule has 0 saturated heterocycles. The molecule has 198 valence electrons. The Morgan fingerprint density at radius 2 is 1.69 bits per heavy atom. The van der Waals surface area contributed by atoms with Crippen LogP contribution in [0.3, 0.4) is 0 Å². The summed E-state index contributed by atoms with van der Waals surface area (Å²) in [6.07, 6.45) is -2.87. The number of benzene rings is 1. The van der Waals surface area contributed by atoms with E-state index in [0.717, 1.165) is 0 Å². The zero-order valence-corrected chi connectivity index (χ0v) is 20.6. The molecule has 0 aliphatic heterocycles. The van der Waals surface area contributed by atoms with Gasteiger partial charge in [-0.25, -0.2) is 0 Å². The molecule has 0 radical (unpaired) electrons. The minimum absolute atomic E-state index is 0.0874. The van der Waals surface area contributed by atoms with Crippen LogP contribution in [0, 0.1) is 5.92 Å². The van der Waals surface area contributed by atoms with Gasteiger partial charge >= 0.3 is 7.12 Å². The first-order valence-electron chi connectivity index (χ1n) is 11.5. The molecule has 35 heavy (non-hydrogen) atoms. The number of hydrogen-bond donors (Lipinski definition) is 9. The van der Waals surface area contributed by atoms with Gasteiger partial charge in [0, 0.05) is 24.7 Å². The Morgan fingerprint density at radius 1 is 1.06 bits per heavy atom. The first-order valence-corrected chi connectivity index (χ1v) is 11.5. The number of rotatable bonds is 14. The molecule has 1 aromatic carbocycles. The summed E-state index contributed by atoms with van der Waals surface area (Å²) in [6.45, 7) is 9.68. The van der Waals surface area contributed by atoms with Gasteiger partial charge in [0.15, 0.2) is 0 Å². The third-order valence-electron chi connectivity index (χ3n) is 4.90. The second kappa shape index (κ2) is 18.0. The van der Waals surface area contributed by atoms with E-state index in [-0.39, 0.29) is 24.3 Å². The van der Waals surface area contributed by atoms with E-state index in [1.807, 2.05) is 0 Å². The molecule has 11 nitrogen and oxygen atoms in total. The van der Waals surface area contributed by atoms with Gasteiger partial charge in [0.2, 0.25) is 11.8 Å². The summed E-state index contributed by atoms with van der Waals surface area (Å²) in [5.41, 5.74) is 0.927. The highest BCUT2D eigenvalue weighted by molar-refractivity contribution is 6.58. The van der Waals surface area contributed by atoms with Gasteiger partial charge in [0.25, 0.3) is 0 Å². The van der Waals surface area contributed by atoms with Crippen LogP contribution in [-0.2, 0) is 9.59 Å². The van der Waals surface area contributed by atoms with Crippen LogP contribution in [0.2, 0.25) is 0 Å². The predicted octanol–water partition coefficient (Wildman–Crippen LogP) is -1.92. The first kappa shape index (κ1) is 32.7. The number of nitrogens with one attached hydrogen (secondary N) is 3. The number of aliphatic hydroxyl groups excluding tert-OH is 4. The molecule has 0 aliphatic carbocycles. The van der Waals surface area contributed by atoms with Gasteiger partial charge in [-0.05, 0) is 43.1 Å². The lowest BCUT2D eigenvalue weighted by atomic mass is 9.80. The summed E-state index contributed by atoms with van der Waals surface area (Å²) in [5, 5.41) is 64.2. The largest absolute Gasteiger partial charge is 0.488 e. The minimum atomic E-state index is -1.51. The molecule has 0 aliphatic rings. The zero-order chi connectivity index (χ0) is 27.0. The first-order chi connectivity index (χ1) is 16.4. The molecule has 0 saturated carbocycles. The van der Waals surface area contributed by atoms with Gasteiger partial charge in [0.05, 0.1) is 12.2 Å². The Morgan fingerprint density at radius 3 is 2.23 bits per heavy atom. The molecular weight excluding hydrogens is 457 g/mol. The van der Waals surface area contributed by atoms with Crippen molar-refractivity contribution < 1.29 is 40.1 Å². The quantitative estimate of drug-likeness (QED) is 0.0801. The maximum absolute atomic E-state index is 11.4. The highest BCUT2D eigenvalue weighted by Gasteiger charge is 2.28. The number of anilines is 1. The Bertz CT molecular complexity index is 766. The van der Waals surface area contributed by atoms with Crippen LogP contribution in [-0.4, -0.2) is 93.5 Å². The molecule has 9 N–H and O–H groups in total. The Balaban J connectivity index is 0.000000686. The summed E-state index contributed by atoms with van der Waals surface area (Å²) >= 11 is 0. The molecule has 4 unspecified atom stereocenters. The van der Waals surface area contributed by atoms with Gasteiger partial charge in [-0.2, -0.15) is 0 Å². The van der Waals surface area contributed by atoms with Crippen molar-refractivity contribution in [1.29, 1.82) is 0 Å². The van der Waals surface area contributed by atoms with E-state index in [4.69, 9.17) is 10.0 Å². The molecular formula is C23H40BN3O8. The van der Waals surface area contributed by atoms with Crippen LogP contribution < -0.4 is 21.4 Å². The van der Waals surface area contributed by atoms with E-state index < -0.39 is 31.5 Å². The molecule has 0 fully saturated rings. The highest BCUT2D eigenvalue weighted by atomic mass is 16.4. The van der Waals surface area contributed by atoms with Crippen LogP contribution >= 0.6 is 0 Å². The second-order valence-corrected chi connectivity index (χ2v) is 8.22. The van der Waals surface area contributed by atoms with E-state index in [2.05, 4.69) is 22.5 Å². The smallest absolute Gasteiger partial charge is 0.423 e. The minimum Gasteiger partial charge on any atom is -0.423 e. The van der Waals surface area contributed by atoms with E-state index in [9.17, 15) is 30.0 Å². The highest BCUT2D eigenvalue weighted by Crippen LogP contribution is 2.08. The van der Waals surface area contributed by atoms with Crippen molar-refractivity contribution in [2.75, 3.05) is 25.0 Å². The van der Waals surface area contributed by atoms with Crippen LogP contribution in [0.1, 0.15) is 33.6 Å². The molecule has 1 aromatic rings. The monoisotopic (exact) mass is 497 g/mol. The molecule has 0 bridgehead atoms. The third-order valence-corrected chi connectivity index (χ3v) is 4.90. The number of aliphatic hydroxyl groups is 4. The fraction of sp³-hybridized carbons (Fsp3) is 0.565. The second-order valence-electron chi connectivity index (χ2n) is 8.22. The SMILES string of the molecule is C=CC(=O)NCCCNCC(O)C(O)C(O)C(O)CC.CC(C)C(=O)Nc1cccc(B(O)O)c1. The van der Waals surface area contributed by atoms with Crippen molar-refractivity contribution in [2.24, 2.45) is 5.92 Å². The molecule has 12 heteroatoms. The maximum Gasteiger partial charge on any atom is 0.488 e. The lowest BCUT2D eigenvalue weighted by Gasteiger charge is -2.26. The Labute approximate surface area is 207 Å². The van der Waals surface area contributed by atoms with Crippen LogP contribution in [0.5, 0.6) is 0 Å². The van der Waals surface area contributed by atoms with Gasteiger partial charge in [-0.1, -0.05) is 39.5 Å². The summed E-state index contributed by atoms with van der Waals surface area (Å²) in [5.74, 6) is -0.440. The van der Waals surface area contributed by atoms with Gasteiger partial charge in [-0.15, -0.1) is 0 Å². The van der Waals surface area contributed by atoms with Crippen molar-refractivity contribution in [3.63, 3.8) is 0 Å². The average Bonchev–Trinajstić information content (AvgIpc) is 2.84. The lowest BCUT2D eigenvalue weighted by Crippen LogP contribution is -2.48. The van der Waals surface area contributed by atoms with Crippen LogP contribution in [0.15, 0.2) is 36.9 Å². The number of carbonyl (C=O) groups is 2. The molecule has 0 heterocycles. The van der Waals surface area contributed by atoms with Gasteiger partial charge in [-0.3, -0.25) is 9.59 Å². The summed E-state index contributed by atoms with van der Waals surface area (Å²) in [4.78, 5) is 22.2. The summed E-state index contributed by atoms with van der Waals surface area (Å²) in [7, 11) is -1.51. The fourth-order valence-electron chi connectivity index (χ4n) is 2.63. The number of amides is 2. The average molecular weight is 497 g/mol. The molecule has 4 atom stereocenters. The van der Waals surface area contributed by atoms with E-state index in [1.54, 1.807) is 39.0 Å².